The van der Waals surface area contributed by atoms with Crippen LogP contribution in [0.25, 0.3) is 0 Å². The molecule has 0 aromatic carbocycles. The summed E-state index contributed by atoms with van der Waals surface area (Å²) in [7, 11) is 0. The Morgan fingerprint density at radius 1 is 1.32 bits per heavy atom. The average molecular weight is 316 g/mol. The second-order valence-electron chi connectivity index (χ2n) is 3.95. The molecule has 0 heterocycles. The van der Waals surface area contributed by atoms with Gasteiger partial charge in [-0.2, -0.15) is 0 Å². The zero-order valence-electron chi connectivity index (χ0n) is 11.0. The van der Waals surface area contributed by atoms with Gasteiger partial charge in [-0.1, -0.05) is 62.3 Å². The maximum Gasteiger partial charge on any atom is 0.0991 e. The molecule has 0 unspecified atom stereocenters. The number of nitrogens with zero attached hydrogens (tertiary/aromatic N) is 1. The van der Waals surface area contributed by atoms with E-state index in [-0.39, 0.29) is 0 Å². The van der Waals surface area contributed by atoms with Crippen LogP contribution in [-0.2, 0) is 0 Å². The van der Waals surface area contributed by atoms with Gasteiger partial charge in [-0.15, -0.1) is 0 Å². The number of halogens is 1. The summed E-state index contributed by atoms with van der Waals surface area (Å²) in [4.78, 5) is 4.36. The predicted molar refractivity (Wildman–Crippen MR) is 89.6 cm³/mol. The van der Waals surface area contributed by atoms with Crippen molar-refractivity contribution in [2.45, 2.75) is 12.8 Å². The molecule has 1 aliphatic rings. The Kier molecular flexibility index (Phi) is 6.83. The highest BCUT2D eigenvalue weighted by Gasteiger charge is 2.00. The van der Waals surface area contributed by atoms with E-state index in [9.17, 15) is 0 Å². The molecule has 0 fully saturated rings. The van der Waals surface area contributed by atoms with Crippen molar-refractivity contribution in [3.8, 4) is 0 Å². The van der Waals surface area contributed by atoms with Crippen LogP contribution < -0.4 is 0 Å². The quantitative estimate of drug-likeness (QED) is 0.352. The fourth-order valence-electron chi connectivity index (χ4n) is 1.65. The molecule has 1 nitrogen and oxygen atoms in total. The molecule has 0 bridgehead atoms. The van der Waals surface area contributed by atoms with Crippen molar-refractivity contribution in [3.05, 3.63) is 84.1 Å². The number of aliphatic imine (C=N–C) groups is 1. The summed E-state index contributed by atoms with van der Waals surface area (Å²) in [6.45, 7) is 11.2. The Labute approximate surface area is 124 Å². The standard InChI is InChI=1S/C17H18BrN/c1-4-9-16(5-2)17(19-14(3)18)13-12-15-10-7-6-8-11-15/h4-5,7,9-13H,1-3,6,8H2/b13-12+,16-9+,19-17+. The molecule has 0 atom stereocenters. The first kappa shape index (κ1) is 15.4. The summed E-state index contributed by atoms with van der Waals surface area (Å²) < 4.78 is 0.581. The van der Waals surface area contributed by atoms with E-state index in [0.29, 0.717) is 4.61 Å². The van der Waals surface area contributed by atoms with E-state index in [1.54, 1.807) is 12.2 Å². The Morgan fingerprint density at radius 3 is 2.63 bits per heavy atom. The van der Waals surface area contributed by atoms with Crippen molar-refractivity contribution in [1.82, 2.24) is 0 Å². The van der Waals surface area contributed by atoms with Crippen LogP contribution in [0.4, 0.5) is 0 Å². The Bertz CT molecular complexity index is 513. The molecule has 0 spiro atoms. The van der Waals surface area contributed by atoms with E-state index in [2.05, 4.69) is 58.9 Å². The zero-order chi connectivity index (χ0) is 14.1. The van der Waals surface area contributed by atoms with Crippen LogP contribution in [-0.4, -0.2) is 5.71 Å². The summed E-state index contributed by atoms with van der Waals surface area (Å²) in [5.74, 6) is 0. The molecule has 0 aromatic rings. The van der Waals surface area contributed by atoms with Gasteiger partial charge in [0.2, 0.25) is 0 Å². The van der Waals surface area contributed by atoms with Crippen LogP contribution >= 0.6 is 15.9 Å². The minimum absolute atomic E-state index is 0.581. The van der Waals surface area contributed by atoms with E-state index < -0.39 is 0 Å². The summed E-state index contributed by atoms with van der Waals surface area (Å²) >= 11 is 3.26. The fourth-order valence-corrected chi connectivity index (χ4v) is 1.84. The van der Waals surface area contributed by atoms with Gasteiger partial charge in [-0.25, -0.2) is 4.99 Å². The molecule has 1 rings (SSSR count). The second-order valence-corrected chi connectivity index (χ2v) is 4.87. The summed E-state index contributed by atoms with van der Waals surface area (Å²) in [6.07, 6.45) is 18.1. The third kappa shape index (κ3) is 5.66. The van der Waals surface area contributed by atoms with Gasteiger partial charge in [0.05, 0.1) is 10.3 Å². The van der Waals surface area contributed by atoms with E-state index in [1.165, 1.54) is 5.57 Å². The maximum absolute atomic E-state index is 4.36. The molecule has 1 aliphatic carbocycles. The largest absolute Gasteiger partial charge is 0.242 e. The summed E-state index contributed by atoms with van der Waals surface area (Å²) in [6, 6.07) is 0. The molecule has 98 valence electrons. The molecule has 0 radical (unpaired) electrons. The number of allylic oxidation sites excluding steroid dienone is 10. The zero-order valence-corrected chi connectivity index (χ0v) is 12.6. The summed E-state index contributed by atoms with van der Waals surface area (Å²) in [5, 5.41) is 0. The van der Waals surface area contributed by atoms with Crippen LogP contribution in [0.3, 0.4) is 0 Å². The molecule has 0 aromatic heterocycles. The van der Waals surface area contributed by atoms with Crippen LogP contribution in [0.2, 0.25) is 0 Å². The lowest BCUT2D eigenvalue weighted by Gasteiger charge is -2.04. The SMILES string of the molecule is C=C/C=C(C=C)/C(/C=C/C1=CCCC=C1)=N/C(=C)Br. The number of rotatable bonds is 6. The molecule has 2 heteroatoms. The van der Waals surface area contributed by atoms with E-state index >= 15 is 0 Å². The summed E-state index contributed by atoms with van der Waals surface area (Å²) in [5.41, 5.74) is 2.91. The topological polar surface area (TPSA) is 12.4 Å². The van der Waals surface area contributed by atoms with Gasteiger partial charge in [0, 0.05) is 0 Å². The monoisotopic (exact) mass is 315 g/mol. The smallest absolute Gasteiger partial charge is 0.0991 e. The van der Waals surface area contributed by atoms with Crippen LogP contribution in [0.5, 0.6) is 0 Å². The first-order valence-electron chi connectivity index (χ1n) is 6.10. The first-order chi connectivity index (χ1) is 9.17. The highest BCUT2D eigenvalue weighted by Crippen LogP contribution is 2.14. The van der Waals surface area contributed by atoms with Crippen LogP contribution in [0, 0.1) is 0 Å². The van der Waals surface area contributed by atoms with Gasteiger partial charge >= 0.3 is 0 Å². The Morgan fingerprint density at radius 2 is 2.11 bits per heavy atom. The van der Waals surface area contributed by atoms with Crippen molar-refractivity contribution in [2.75, 3.05) is 0 Å². The Hall–Kier alpha value is -1.67. The average Bonchev–Trinajstić information content (AvgIpc) is 2.42. The van der Waals surface area contributed by atoms with E-state index in [1.807, 2.05) is 18.2 Å². The lowest BCUT2D eigenvalue weighted by molar-refractivity contribution is 1.03. The molecule has 0 N–H and O–H groups in total. The lowest BCUT2D eigenvalue weighted by atomic mass is 10.0. The molecular weight excluding hydrogens is 298 g/mol. The second kappa shape index (κ2) is 8.44. The van der Waals surface area contributed by atoms with Gasteiger partial charge in [0.1, 0.15) is 0 Å². The molecular formula is C17H18BrN. The number of hydrogen-bond donors (Lipinski definition) is 0. The van der Waals surface area contributed by atoms with Crippen molar-refractivity contribution in [1.29, 1.82) is 0 Å². The lowest BCUT2D eigenvalue weighted by Crippen LogP contribution is -1.97. The van der Waals surface area contributed by atoms with Gasteiger partial charge in [0.15, 0.2) is 0 Å². The van der Waals surface area contributed by atoms with Crippen LogP contribution in [0.15, 0.2) is 89.1 Å². The number of hydrogen-bond acceptors (Lipinski definition) is 1. The van der Waals surface area contributed by atoms with Crippen LogP contribution in [0.1, 0.15) is 12.8 Å². The Balaban J connectivity index is 3.02. The highest BCUT2D eigenvalue weighted by atomic mass is 79.9. The minimum atomic E-state index is 0.581. The molecule has 0 saturated carbocycles. The van der Waals surface area contributed by atoms with Gasteiger partial charge < -0.3 is 0 Å². The molecule has 0 aliphatic heterocycles. The van der Waals surface area contributed by atoms with E-state index in [0.717, 1.165) is 24.1 Å². The molecule has 0 amide bonds. The van der Waals surface area contributed by atoms with E-state index in [4.69, 9.17) is 0 Å². The van der Waals surface area contributed by atoms with Crippen molar-refractivity contribution in [2.24, 2.45) is 4.99 Å². The highest BCUT2D eigenvalue weighted by molar-refractivity contribution is 9.11. The minimum Gasteiger partial charge on any atom is -0.242 e. The van der Waals surface area contributed by atoms with Crippen molar-refractivity contribution in [3.63, 3.8) is 0 Å². The van der Waals surface area contributed by atoms with Crippen molar-refractivity contribution >= 4 is 21.6 Å². The predicted octanol–water partition coefficient (Wildman–Crippen LogP) is 5.42. The van der Waals surface area contributed by atoms with Crippen molar-refractivity contribution < 1.29 is 0 Å². The first-order valence-corrected chi connectivity index (χ1v) is 6.90. The third-order valence-corrected chi connectivity index (χ3v) is 2.69. The fraction of sp³-hybridized carbons (Fsp3) is 0.118. The molecule has 0 saturated heterocycles. The normalized spacial score (nSPS) is 16.4. The van der Waals surface area contributed by atoms with Gasteiger partial charge in [-0.3, -0.25) is 0 Å². The maximum atomic E-state index is 4.36. The van der Waals surface area contributed by atoms with Gasteiger partial charge in [0.25, 0.3) is 0 Å². The third-order valence-electron chi connectivity index (χ3n) is 2.51. The molecule has 19 heavy (non-hydrogen) atoms. The van der Waals surface area contributed by atoms with Gasteiger partial charge in [-0.05, 0) is 46.0 Å².